The molecule has 4 rings (SSSR count). The molecule has 0 fully saturated rings. The zero-order valence-corrected chi connectivity index (χ0v) is 20.5. The second kappa shape index (κ2) is 7.95. The number of hydrogen-bond acceptors (Lipinski definition) is 6. The summed E-state index contributed by atoms with van der Waals surface area (Å²) in [5, 5.41) is 6.56. The third kappa shape index (κ3) is 3.78. The Morgan fingerprint density at radius 2 is 1.82 bits per heavy atom. The minimum Gasteiger partial charge on any atom is -0.338 e. The van der Waals surface area contributed by atoms with Gasteiger partial charge in [0, 0.05) is 30.2 Å². The largest absolute Gasteiger partial charge is 0.338 e. The molecule has 174 valence electrons. The maximum Gasteiger partial charge on any atom is 0.293 e. The summed E-state index contributed by atoms with van der Waals surface area (Å²) in [4.78, 5) is 25.1. The molecule has 8 heteroatoms. The number of aryl methyl sites for hydroxylation is 2. The first-order valence-corrected chi connectivity index (χ1v) is 11.3. The van der Waals surface area contributed by atoms with E-state index in [9.17, 15) is 4.79 Å². The Morgan fingerprint density at radius 1 is 1.12 bits per heavy atom. The summed E-state index contributed by atoms with van der Waals surface area (Å²) in [5.41, 5.74) is 8.24. The number of nitrogens with zero attached hydrogens (tertiary/aromatic N) is 6. The lowest BCUT2D eigenvalue weighted by molar-refractivity contribution is 0.292. The van der Waals surface area contributed by atoms with Crippen LogP contribution in [0.25, 0.3) is 21.8 Å². The molecule has 1 aromatic carbocycles. The van der Waals surface area contributed by atoms with Gasteiger partial charge in [0.05, 0.1) is 24.0 Å². The monoisotopic (exact) mass is 447 g/mol. The molecule has 0 saturated heterocycles. The fraction of sp³-hybridized carbons (Fsp3) is 0.440. The SMILES string of the molecule is CCn1c(N(C)C(C)(C)C(C)(C)N)nc2cnn(Cc3nc(C)cc4ccccc34)c(=O)c21. The van der Waals surface area contributed by atoms with Crippen molar-refractivity contribution in [1.82, 2.24) is 24.3 Å². The maximum absolute atomic E-state index is 13.6. The van der Waals surface area contributed by atoms with Gasteiger partial charge in [0.15, 0.2) is 0 Å². The Kier molecular flexibility index (Phi) is 5.52. The van der Waals surface area contributed by atoms with Crippen LogP contribution in [0.1, 0.15) is 46.0 Å². The van der Waals surface area contributed by atoms with E-state index in [1.807, 2.05) is 63.6 Å². The molecule has 0 atom stereocenters. The van der Waals surface area contributed by atoms with Crippen LogP contribution in [0.4, 0.5) is 5.95 Å². The number of fused-ring (bicyclic) bond motifs is 2. The molecule has 0 aliphatic heterocycles. The molecule has 0 aliphatic carbocycles. The van der Waals surface area contributed by atoms with Crippen LogP contribution in [0.2, 0.25) is 0 Å². The minimum absolute atomic E-state index is 0.182. The van der Waals surface area contributed by atoms with Gasteiger partial charge >= 0.3 is 0 Å². The van der Waals surface area contributed by atoms with Gasteiger partial charge in [-0.25, -0.2) is 9.67 Å². The van der Waals surface area contributed by atoms with Crippen molar-refractivity contribution in [3.05, 3.63) is 58.3 Å². The molecular formula is C25H33N7O. The molecule has 0 amide bonds. The second-order valence-electron chi connectivity index (χ2n) is 9.77. The van der Waals surface area contributed by atoms with E-state index >= 15 is 0 Å². The van der Waals surface area contributed by atoms with Gasteiger partial charge in [-0.05, 0) is 53.0 Å². The first kappa shape index (κ1) is 22.9. The lowest BCUT2D eigenvalue weighted by atomic mass is 9.82. The van der Waals surface area contributed by atoms with Crippen LogP contribution in [0, 0.1) is 6.92 Å². The number of aromatic nitrogens is 5. The highest BCUT2D eigenvalue weighted by Gasteiger charge is 2.39. The van der Waals surface area contributed by atoms with Gasteiger partial charge in [-0.3, -0.25) is 9.78 Å². The van der Waals surface area contributed by atoms with Crippen molar-refractivity contribution in [2.45, 2.75) is 65.7 Å². The number of anilines is 1. The molecule has 0 radical (unpaired) electrons. The summed E-state index contributed by atoms with van der Waals surface area (Å²) in [6, 6.07) is 10.1. The number of pyridine rings is 1. The van der Waals surface area contributed by atoms with Crippen LogP contribution in [-0.4, -0.2) is 42.4 Å². The average Bonchev–Trinajstić information content (AvgIpc) is 3.13. The van der Waals surface area contributed by atoms with E-state index in [2.05, 4.69) is 29.9 Å². The van der Waals surface area contributed by atoms with Crippen LogP contribution >= 0.6 is 0 Å². The molecule has 2 N–H and O–H groups in total. The van der Waals surface area contributed by atoms with Crippen LogP contribution in [0.5, 0.6) is 0 Å². The first-order valence-electron chi connectivity index (χ1n) is 11.3. The summed E-state index contributed by atoms with van der Waals surface area (Å²) < 4.78 is 3.43. The Bertz CT molecular complexity index is 1390. The molecule has 0 unspecified atom stereocenters. The summed E-state index contributed by atoms with van der Waals surface area (Å²) in [5.74, 6) is 0.701. The Hall–Kier alpha value is -3.26. The topological polar surface area (TPSA) is 94.9 Å². The van der Waals surface area contributed by atoms with E-state index < -0.39 is 11.1 Å². The number of imidazole rings is 1. The normalized spacial score (nSPS) is 12.6. The zero-order chi connectivity index (χ0) is 24.1. The fourth-order valence-electron chi connectivity index (χ4n) is 4.10. The van der Waals surface area contributed by atoms with Crippen molar-refractivity contribution >= 4 is 27.8 Å². The molecule has 33 heavy (non-hydrogen) atoms. The highest BCUT2D eigenvalue weighted by molar-refractivity contribution is 5.85. The predicted molar refractivity (Wildman–Crippen MR) is 134 cm³/mol. The molecule has 8 nitrogen and oxygen atoms in total. The predicted octanol–water partition coefficient (Wildman–Crippen LogP) is 3.47. The summed E-state index contributed by atoms with van der Waals surface area (Å²) in [6.45, 7) is 13.0. The third-order valence-corrected chi connectivity index (χ3v) is 7.01. The van der Waals surface area contributed by atoms with Crippen LogP contribution in [0.15, 0.2) is 41.3 Å². The van der Waals surface area contributed by atoms with E-state index in [1.54, 1.807) is 6.20 Å². The van der Waals surface area contributed by atoms with E-state index in [0.29, 0.717) is 30.1 Å². The Morgan fingerprint density at radius 3 is 2.48 bits per heavy atom. The second-order valence-corrected chi connectivity index (χ2v) is 9.77. The van der Waals surface area contributed by atoms with Gasteiger partial charge in [-0.15, -0.1) is 0 Å². The fourth-order valence-corrected chi connectivity index (χ4v) is 4.10. The molecule has 0 spiro atoms. The van der Waals surface area contributed by atoms with Crippen molar-refractivity contribution in [2.24, 2.45) is 5.73 Å². The summed E-state index contributed by atoms with van der Waals surface area (Å²) in [7, 11) is 1.97. The number of rotatable bonds is 6. The third-order valence-electron chi connectivity index (χ3n) is 7.01. The van der Waals surface area contributed by atoms with E-state index in [1.165, 1.54) is 4.68 Å². The van der Waals surface area contributed by atoms with E-state index in [4.69, 9.17) is 15.7 Å². The van der Waals surface area contributed by atoms with Crippen LogP contribution < -0.4 is 16.2 Å². The van der Waals surface area contributed by atoms with Crippen LogP contribution in [0.3, 0.4) is 0 Å². The molecule has 4 aromatic rings. The smallest absolute Gasteiger partial charge is 0.293 e. The molecule has 3 heterocycles. The zero-order valence-electron chi connectivity index (χ0n) is 20.5. The molecule has 0 saturated carbocycles. The van der Waals surface area contributed by atoms with Gasteiger partial charge in [-0.1, -0.05) is 24.3 Å². The van der Waals surface area contributed by atoms with Crippen molar-refractivity contribution in [3.63, 3.8) is 0 Å². The average molecular weight is 448 g/mol. The minimum atomic E-state index is -0.491. The van der Waals surface area contributed by atoms with Gasteiger partial charge in [0.2, 0.25) is 5.95 Å². The van der Waals surface area contributed by atoms with Crippen LogP contribution in [-0.2, 0) is 13.1 Å². The van der Waals surface area contributed by atoms with Crippen molar-refractivity contribution < 1.29 is 0 Å². The standard InChI is InChI=1S/C25H33N7O/c1-8-31-21-19(29-23(31)30(7)25(5,6)24(3,4)26)14-27-32(22(21)33)15-20-18-12-10-9-11-17(18)13-16(2)28-20/h9-14H,8,15,26H2,1-7H3. The molecular weight excluding hydrogens is 414 g/mol. The van der Waals surface area contributed by atoms with Gasteiger partial charge in [0.1, 0.15) is 11.0 Å². The lowest BCUT2D eigenvalue weighted by Gasteiger charge is -2.46. The van der Waals surface area contributed by atoms with Gasteiger partial charge in [0.25, 0.3) is 5.56 Å². The molecule has 0 bridgehead atoms. The summed E-state index contributed by atoms with van der Waals surface area (Å²) in [6.07, 6.45) is 1.67. The quantitative estimate of drug-likeness (QED) is 0.486. The maximum atomic E-state index is 13.6. The highest BCUT2D eigenvalue weighted by atomic mass is 16.1. The number of benzene rings is 1. The van der Waals surface area contributed by atoms with Crippen molar-refractivity contribution in [3.8, 4) is 0 Å². The van der Waals surface area contributed by atoms with Gasteiger partial charge < -0.3 is 15.2 Å². The molecule has 0 aliphatic rings. The van der Waals surface area contributed by atoms with Crippen molar-refractivity contribution in [1.29, 1.82) is 0 Å². The Labute approximate surface area is 194 Å². The number of nitrogens with two attached hydrogens (primary N) is 1. The van der Waals surface area contributed by atoms with Gasteiger partial charge in [-0.2, -0.15) is 5.10 Å². The summed E-state index contributed by atoms with van der Waals surface area (Å²) >= 11 is 0. The van der Waals surface area contributed by atoms with Crippen molar-refractivity contribution in [2.75, 3.05) is 11.9 Å². The first-order chi connectivity index (χ1) is 15.5. The molecule has 3 aromatic heterocycles. The number of hydrogen-bond donors (Lipinski definition) is 1. The highest BCUT2D eigenvalue weighted by Crippen LogP contribution is 2.31. The Balaban J connectivity index is 1.85. The number of likely N-dealkylation sites (N-methyl/N-ethyl adjacent to an activating group) is 1. The van der Waals surface area contributed by atoms with E-state index in [-0.39, 0.29) is 5.56 Å². The lowest BCUT2D eigenvalue weighted by Crippen LogP contribution is -2.62. The van der Waals surface area contributed by atoms with E-state index in [0.717, 1.165) is 22.2 Å².